The van der Waals surface area contributed by atoms with Crippen molar-refractivity contribution in [1.29, 1.82) is 0 Å². The van der Waals surface area contributed by atoms with E-state index in [1.54, 1.807) is 24.3 Å². The molecule has 7 heteroatoms. The zero-order chi connectivity index (χ0) is 14.9. The molecule has 0 unspecified atom stereocenters. The standard InChI is InChI=1S/C13H9ClF2N2OS/c14-7-3-1-2-4-9(7)18(13(17)20)10-6-5-8(15)11(16)12(10)19/h1-6,19H,(H2,17,20). The van der Waals surface area contributed by atoms with Crippen molar-refractivity contribution in [3.63, 3.8) is 0 Å². The van der Waals surface area contributed by atoms with Gasteiger partial charge in [-0.25, -0.2) is 4.39 Å². The van der Waals surface area contributed by atoms with E-state index in [4.69, 9.17) is 29.6 Å². The van der Waals surface area contributed by atoms with Crippen LogP contribution in [0.15, 0.2) is 36.4 Å². The minimum Gasteiger partial charge on any atom is -0.503 e. The molecule has 0 aliphatic heterocycles. The summed E-state index contributed by atoms with van der Waals surface area (Å²) in [6.07, 6.45) is 0. The molecule has 0 aromatic heterocycles. The van der Waals surface area contributed by atoms with Crippen molar-refractivity contribution in [3.8, 4) is 5.75 Å². The lowest BCUT2D eigenvalue weighted by Crippen LogP contribution is -2.31. The fourth-order valence-electron chi connectivity index (χ4n) is 1.71. The Labute approximate surface area is 124 Å². The summed E-state index contributed by atoms with van der Waals surface area (Å²) >= 11 is 10.9. The number of anilines is 2. The molecule has 3 nitrogen and oxygen atoms in total. The van der Waals surface area contributed by atoms with Gasteiger partial charge in [0.2, 0.25) is 5.82 Å². The number of nitrogens with zero attached hydrogens (tertiary/aromatic N) is 1. The highest BCUT2D eigenvalue weighted by molar-refractivity contribution is 7.80. The molecule has 0 heterocycles. The Morgan fingerprint density at radius 3 is 2.40 bits per heavy atom. The number of aromatic hydroxyl groups is 1. The summed E-state index contributed by atoms with van der Waals surface area (Å²) in [4.78, 5) is 1.16. The topological polar surface area (TPSA) is 49.5 Å². The smallest absolute Gasteiger partial charge is 0.202 e. The molecule has 2 aromatic carbocycles. The minimum absolute atomic E-state index is 0.0931. The largest absolute Gasteiger partial charge is 0.503 e. The number of halogens is 3. The Morgan fingerprint density at radius 2 is 1.80 bits per heavy atom. The first-order chi connectivity index (χ1) is 9.43. The Balaban J connectivity index is 2.65. The van der Waals surface area contributed by atoms with Crippen molar-refractivity contribution in [2.24, 2.45) is 5.73 Å². The van der Waals surface area contributed by atoms with Gasteiger partial charge in [0.05, 0.1) is 16.4 Å². The molecule has 0 bridgehead atoms. The summed E-state index contributed by atoms with van der Waals surface area (Å²) < 4.78 is 26.5. The second-order valence-electron chi connectivity index (χ2n) is 3.85. The first kappa shape index (κ1) is 14.5. The van der Waals surface area contributed by atoms with Gasteiger partial charge < -0.3 is 10.8 Å². The van der Waals surface area contributed by atoms with Gasteiger partial charge in [-0.1, -0.05) is 23.7 Å². The maximum Gasteiger partial charge on any atom is 0.202 e. The van der Waals surface area contributed by atoms with Crippen LogP contribution in [0.3, 0.4) is 0 Å². The lowest BCUT2D eigenvalue weighted by Gasteiger charge is -2.24. The van der Waals surface area contributed by atoms with Crippen molar-refractivity contribution in [2.45, 2.75) is 0 Å². The van der Waals surface area contributed by atoms with E-state index in [0.29, 0.717) is 10.7 Å². The molecule has 0 amide bonds. The highest BCUT2D eigenvalue weighted by Crippen LogP contribution is 2.38. The first-order valence-corrected chi connectivity index (χ1v) is 6.23. The Hall–Kier alpha value is -1.92. The maximum atomic E-state index is 13.5. The maximum absolute atomic E-state index is 13.5. The molecule has 0 aliphatic carbocycles. The summed E-state index contributed by atoms with van der Waals surface area (Å²) in [5, 5.41) is 9.86. The van der Waals surface area contributed by atoms with Crippen LogP contribution in [-0.4, -0.2) is 10.2 Å². The van der Waals surface area contributed by atoms with Crippen LogP contribution in [0, 0.1) is 11.6 Å². The number of benzene rings is 2. The normalized spacial score (nSPS) is 10.3. The van der Waals surface area contributed by atoms with E-state index < -0.39 is 17.4 Å². The minimum atomic E-state index is -1.38. The Morgan fingerprint density at radius 1 is 1.15 bits per heavy atom. The quantitative estimate of drug-likeness (QED) is 0.830. The molecule has 2 aromatic rings. The van der Waals surface area contributed by atoms with Gasteiger partial charge in [-0.3, -0.25) is 4.90 Å². The highest BCUT2D eigenvalue weighted by Gasteiger charge is 2.22. The monoisotopic (exact) mass is 314 g/mol. The predicted octanol–water partition coefficient (Wildman–Crippen LogP) is 3.71. The number of rotatable bonds is 2. The third-order valence-electron chi connectivity index (χ3n) is 2.60. The van der Waals surface area contributed by atoms with Crippen LogP contribution in [-0.2, 0) is 0 Å². The van der Waals surface area contributed by atoms with Crippen molar-refractivity contribution in [3.05, 3.63) is 53.1 Å². The number of hydrogen-bond donors (Lipinski definition) is 2. The van der Waals surface area contributed by atoms with Crippen LogP contribution in [0.25, 0.3) is 0 Å². The molecular formula is C13H9ClF2N2OS. The van der Waals surface area contributed by atoms with Gasteiger partial charge in [-0.05, 0) is 36.5 Å². The van der Waals surface area contributed by atoms with E-state index in [9.17, 15) is 13.9 Å². The second-order valence-corrected chi connectivity index (χ2v) is 4.68. The molecule has 20 heavy (non-hydrogen) atoms. The number of para-hydroxylation sites is 1. The first-order valence-electron chi connectivity index (χ1n) is 5.44. The van der Waals surface area contributed by atoms with Crippen LogP contribution < -0.4 is 10.6 Å². The van der Waals surface area contributed by atoms with Crippen molar-refractivity contribution in [2.75, 3.05) is 4.90 Å². The Kier molecular flexibility index (Phi) is 4.06. The molecule has 0 fully saturated rings. The van der Waals surface area contributed by atoms with E-state index in [1.165, 1.54) is 0 Å². The molecular weight excluding hydrogens is 306 g/mol. The summed E-state index contributed by atoms with van der Waals surface area (Å²) in [5.74, 6) is -3.44. The van der Waals surface area contributed by atoms with Crippen LogP contribution in [0.5, 0.6) is 5.75 Å². The highest BCUT2D eigenvalue weighted by atomic mass is 35.5. The van der Waals surface area contributed by atoms with Gasteiger partial charge in [0.25, 0.3) is 0 Å². The van der Waals surface area contributed by atoms with E-state index in [1.807, 2.05) is 0 Å². The number of hydrogen-bond acceptors (Lipinski definition) is 2. The molecule has 0 saturated heterocycles. The molecule has 0 spiro atoms. The SMILES string of the molecule is NC(=S)N(c1ccccc1Cl)c1ccc(F)c(F)c1O. The van der Waals surface area contributed by atoms with E-state index in [2.05, 4.69) is 0 Å². The van der Waals surface area contributed by atoms with Crippen LogP contribution in [0.1, 0.15) is 0 Å². The Bertz CT molecular complexity index is 681. The summed E-state index contributed by atoms with van der Waals surface area (Å²) in [6, 6.07) is 8.56. The third kappa shape index (κ3) is 2.52. The molecule has 0 atom stereocenters. The summed E-state index contributed by atoms with van der Waals surface area (Å²) in [6.45, 7) is 0. The average Bonchev–Trinajstić information content (AvgIpc) is 2.41. The van der Waals surface area contributed by atoms with Gasteiger partial charge in [-0.2, -0.15) is 4.39 Å². The lowest BCUT2D eigenvalue weighted by atomic mass is 10.2. The van der Waals surface area contributed by atoms with Crippen molar-refractivity contribution < 1.29 is 13.9 Å². The van der Waals surface area contributed by atoms with Gasteiger partial charge >= 0.3 is 0 Å². The molecule has 104 valence electrons. The molecule has 0 saturated carbocycles. The van der Waals surface area contributed by atoms with E-state index >= 15 is 0 Å². The summed E-state index contributed by atoms with van der Waals surface area (Å²) in [7, 11) is 0. The number of phenolic OH excluding ortho intramolecular Hbond substituents is 1. The van der Waals surface area contributed by atoms with E-state index in [-0.39, 0.29) is 10.8 Å². The second kappa shape index (κ2) is 5.60. The van der Waals surface area contributed by atoms with Crippen molar-refractivity contribution >= 4 is 40.3 Å². The van der Waals surface area contributed by atoms with E-state index in [0.717, 1.165) is 17.0 Å². The fraction of sp³-hybridized carbons (Fsp3) is 0. The van der Waals surface area contributed by atoms with Crippen molar-refractivity contribution in [1.82, 2.24) is 0 Å². The van der Waals surface area contributed by atoms with Gasteiger partial charge in [0, 0.05) is 0 Å². The van der Waals surface area contributed by atoms with Gasteiger partial charge in [0.15, 0.2) is 16.7 Å². The third-order valence-corrected chi connectivity index (χ3v) is 3.10. The molecule has 0 radical (unpaired) electrons. The predicted molar refractivity (Wildman–Crippen MR) is 78.4 cm³/mol. The van der Waals surface area contributed by atoms with Crippen LogP contribution >= 0.6 is 23.8 Å². The van der Waals surface area contributed by atoms with Gasteiger partial charge in [-0.15, -0.1) is 0 Å². The number of thiocarbonyl (C=S) groups is 1. The summed E-state index contributed by atoms with van der Waals surface area (Å²) in [5.41, 5.74) is 5.85. The van der Waals surface area contributed by atoms with Gasteiger partial charge in [0.1, 0.15) is 0 Å². The zero-order valence-electron chi connectivity index (χ0n) is 9.98. The average molecular weight is 315 g/mol. The fourth-order valence-corrected chi connectivity index (χ4v) is 2.13. The number of nitrogens with two attached hydrogens (primary N) is 1. The molecule has 0 aliphatic rings. The lowest BCUT2D eigenvalue weighted by molar-refractivity contribution is 0.408. The van der Waals surface area contributed by atoms with Crippen LogP contribution in [0.2, 0.25) is 5.02 Å². The molecule has 2 rings (SSSR count). The van der Waals surface area contributed by atoms with Crippen LogP contribution in [0.4, 0.5) is 20.2 Å². The zero-order valence-corrected chi connectivity index (χ0v) is 11.6. The molecule has 3 N–H and O–H groups in total. The number of phenols is 1.